The summed E-state index contributed by atoms with van der Waals surface area (Å²) in [4.78, 5) is 11.1. The van der Waals surface area contributed by atoms with Crippen molar-refractivity contribution in [3.8, 4) is 0 Å². The van der Waals surface area contributed by atoms with Crippen molar-refractivity contribution in [2.75, 3.05) is 0 Å². The Bertz CT molecular complexity index is 294. The molecule has 0 radical (unpaired) electrons. The molecule has 64 valence electrons. The molecule has 0 spiro atoms. The first kappa shape index (κ1) is 8.87. The van der Waals surface area contributed by atoms with Gasteiger partial charge in [0, 0.05) is 5.56 Å². The number of benzene rings is 1. The van der Waals surface area contributed by atoms with Crippen LogP contribution in [0.3, 0.4) is 0 Å². The number of rotatable bonds is 2. The van der Waals surface area contributed by atoms with Crippen molar-refractivity contribution in [2.24, 2.45) is 0 Å². The van der Waals surface area contributed by atoms with Gasteiger partial charge in [-0.2, -0.15) is 0 Å². The molecule has 1 aromatic rings. The number of carbonyl (C=O) groups is 1. The Morgan fingerprint density at radius 1 is 1.58 bits per heavy atom. The molecule has 0 aromatic heterocycles. The van der Waals surface area contributed by atoms with Gasteiger partial charge in [0.1, 0.15) is 11.9 Å². The summed E-state index contributed by atoms with van der Waals surface area (Å²) in [5.41, 5.74) is 0.199. The minimum atomic E-state index is -1.08. The number of hydrogen-bond acceptors (Lipinski definition) is 2. The minimum Gasteiger partial charge on any atom is -0.385 e. The van der Waals surface area contributed by atoms with Gasteiger partial charge < -0.3 is 5.11 Å². The van der Waals surface area contributed by atoms with Crippen LogP contribution in [0, 0.1) is 5.82 Å². The molecule has 0 fully saturated rings. The van der Waals surface area contributed by atoms with E-state index in [4.69, 9.17) is 5.11 Å². The molecule has 0 saturated carbocycles. The van der Waals surface area contributed by atoms with Crippen molar-refractivity contribution in [3.63, 3.8) is 0 Å². The van der Waals surface area contributed by atoms with Gasteiger partial charge in [-0.05, 0) is 19.1 Å². The molecule has 0 bridgehead atoms. The van der Waals surface area contributed by atoms with Crippen LogP contribution in [-0.4, -0.2) is 17.0 Å². The predicted octanol–water partition coefficient (Wildman–Crippen LogP) is 1.39. The maximum atomic E-state index is 12.6. The zero-order valence-corrected chi connectivity index (χ0v) is 6.62. The SMILES string of the molecule is C[C@H](O)C(=O)c1cccc(F)c1. The molecule has 0 aliphatic heterocycles. The van der Waals surface area contributed by atoms with Gasteiger partial charge in [0.2, 0.25) is 0 Å². The van der Waals surface area contributed by atoms with Crippen LogP contribution in [0.5, 0.6) is 0 Å². The third-order valence-corrected chi connectivity index (χ3v) is 1.49. The second-order valence-electron chi connectivity index (χ2n) is 2.55. The molecule has 1 atom stereocenters. The van der Waals surface area contributed by atoms with Crippen molar-refractivity contribution in [1.82, 2.24) is 0 Å². The number of aliphatic hydroxyl groups excluding tert-OH is 1. The summed E-state index contributed by atoms with van der Waals surface area (Å²) in [6.45, 7) is 1.35. The second kappa shape index (κ2) is 3.45. The van der Waals surface area contributed by atoms with Crippen molar-refractivity contribution in [2.45, 2.75) is 13.0 Å². The Hall–Kier alpha value is -1.22. The van der Waals surface area contributed by atoms with Gasteiger partial charge in [0.05, 0.1) is 0 Å². The monoisotopic (exact) mass is 168 g/mol. The number of aliphatic hydroxyl groups is 1. The zero-order valence-electron chi connectivity index (χ0n) is 6.62. The van der Waals surface area contributed by atoms with Gasteiger partial charge in [-0.15, -0.1) is 0 Å². The summed E-state index contributed by atoms with van der Waals surface area (Å²) in [5.74, 6) is -0.934. The van der Waals surface area contributed by atoms with Gasteiger partial charge in [-0.3, -0.25) is 4.79 Å². The quantitative estimate of drug-likeness (QED) is 0.677. The normalized spacial score (nSPS) is 12.6. The lowest BCUT2D eigenvalue weighted by atomic mass is 10.1. The number of ketones is 1. The molecule has 0 saturated heterocycles. The minimum absolute atomic E-state index is 0.199. The molecule has 0 unspecified atom stereocenters. The maximum absolute atomic E-state index is 12.6. The highest BCUT2D eigenvalue weighted by Crippen LogP contribution is 2.06. The van der Waals surface area contributed by atoms with E-state index < -0.39 is 17.7 Å². The largest absolute Gasteiger partial charge is 0.385 e. The van der Waals surface area contributed by atoms with Gasteiger partial charge in [0.25, 0.3) is 0 Å². The maximum Gasteiger partial charge on any atom is 0.191 e. The van der Waals surface area contributed by atoms with Crippen LogP contribution in [0.1, 0.15) is 17.3 Å². The van der Waals surface area contributed by atoms with Crippen LogP contribution in [0.4, 0.5) is 4.39 Å². The molecule has 0 amide bonds. The second-order valence-corrected chi connectivity index (χ2v) is 2.55. The van der Waals surface area contributed by atoms with Crippen LogP contribution < -0.4 is 0 Å². The first-order chi connectivity index (χ1) is 5.61. The lowest BCUT2D eigenvalue weighted by Crippen LogP contribution is -2.15. The fourth-order valence-electron chi connectivity index (χ4n) is 0.883. The van der Waals surface area contributed by atoms with Crippen molar-refractivity contribution >= 4 is 5.78 Å². The lowest BCUT2D eigenvalue weighted by Gasteiger charge is -2.02. The molecule has 1 rings (SSSR count). The molecule has 0 aliphatic carbocycles. The van der Waals surface area contributed by atoms with Crippen molar-refractivity contribution in [3.05, 3.63) is 35.6 Å². The van der Waals surface area contributed by atoms with E-state index in [0.717, 1.165) is 6.07 Å². The molecule has 3 heteroatoms. The third kappa shape index (κ3) is 1.89. The summed E-state index contributed by atoms with van der Waals surface area (Å²) in [6.07, 6.45) is -1.08. The highest BCUT2D eigenvalue weighted by Gasteiger charge is 2.11. The highest BCUT2D eigenvalue weighted by molar-refractivity contribution is 5.98. The Labute approximate surface area is 69.6 Å². The number of hydrogen-bond donors (Lipinski definition) is 1. The number of carbonyl (C=O) groups excluding carboxylic acids is 1. The molecular formula is C9H9FO2. The first-order valence-corrected chi connectivity index (χ1v) is 3.59. The van der Waals surface area contributed by atoms with E-state index in [9.17, 15) is 9.18 Å². The van der Waals surface area contributed by atoms with E-state index in [1.165, 1.54) is 25.1 Å². The molecule has 1 N–H and O–H groups in total. The first-order valence-electron chi connectivity index (χ1n) is 3.59. The summed E-state index contributed by atoms with van der Waals surface area (Å²) < 4.78 is 12.6. The zero-order chi connectivity index (χ0) is 9.14. The van der Waals surface area contributed by atoms with Crippen molar-refractivity contribution in [1.29, 1.82) is 0 Å². The number of Topliss-reactive ketones (excluding diaryl/α,β-unsaturated/α-hetero) is 1. The molecule has 1 aromatic carbocycles. The smallest absolute Gasteiger partial charge is 0.191 e. The Kier molecular flexibility index (Phi) is 2.55. The topological polar surface area (TPSA) is 37.3 Å². The van der Waals surface area contributed by atoms with Gasteiger partial charge in [-0.1, -0.05) is 12.1 Å². The Balaban J connectivity index is 2.96. The standard InChI is InChI=1S/C9H9FO2/c1-6(11)9(12)7-3-2-4-8(10)5-7/h2-6,11H,1H3/t6-/m0/s1. The Morgan fingerprint density at radius 3 is 2.75 bits per heavy atom. The van der Waals surface area contributed by atoms with E-state index in [0.29, 0.717) is 0 Å². The van der Waals surface area contributed by atoms with E-state index >= 15 is 0 Å². The number of halogens is 1. The lowest BCUT2D eigenvalue weighted by molar-refractivity contribution is 0.0779. The highest BCUT2D eigenvalue weighted by atomic mass is 19.1. The molecule has 12 heavy (non-hydrogen) atoms. The van der Waals surface area contributed by atoms with E-state index in [2.05, 4.69) is 0 Å². The third-order valence-electron chi connectivity index (χ3n) is 1.49. The summed E-state index contributed by atoms with van der Waals surface area (Å²) in [6, 6.07) is 5.26. The van der Waals surface area contributed by atoms with Crippen LogP contribution in [0.15, 0.2) is 24.3 Å². The molecule has 0 heterocycles. The average molecular weight is 168 g/mol. The summed E-state index contributed by atoms with van der Waals surface area (Å²) in [5, 5.41) is 8.89. The predicted molar refractivity (Wildman–Crippen MR) is 42.4 cm³/mol. The fraction of sp³-hybridized carbons (Fsp3) is 0.222. The van der Waals surface area contributed by atoms with Gasteiger partial charge in [0.15, 0.2) is 5.78 Å². The molecular weight excluding hydrogens is 159 g/mol. The average Bonchev–Trinajstić information content (AvgIpc) is 2.03. The van der Waals surface area contributed by atoms with Gasteiger partial charge in [-0.25, -0.2) is 4.39 Å². The van der Waals surface area contributed by atoms with Crippen LogP contribution in [-0.2, 0) is 0 Å². The van der Waals surface area contributed by atoms with E-state index in [-0.39, 0.29) is 5.56 Å². The van der Waals surface area contributed by atoms with Gasteiger partial charge >= 0.3 is 0 Å². The van der Waals surface area contributed by atoms with E-state index in [1.807, 2.05) is 0 Å². The Morgan fingerprint density at radius 2 is 2.25 bits per heavy atom. The van der Waals surface area contributed by atoms with Crippen LogP contribution in [0.2, 0.25) is 0 Å². The molecule has 2 nitrogen and oxygen atoms in total. The van der Waals surface area contributed by atoms with Crippen molar-refractivity contribution < 1.29 is 14.3 Å². The summed E-state index contributed by atoms with van der Waals surface area (Å²) >= 11 is 0. The fourth-order valence-corrected chi connectivity index (χ4v) is 0.883. The van der Waals surface area contributed by atoms with E-state index in [1.54, 1.807) is 0 Å². The van der Waals surface area contributed by atoms with Crippen LogP contribution in [0.25, 0.3) is 0 Å². The molecule has 0 aliphatic rings. The summed E-state index contributed by atoms with van der Waals surface area (Å²) in [7, 11) is 0. The van der Waals surface area contributed by atoms with Crippen LogP contribution >= 0.6 is 0 Å².